The van der Waals surface area contributed by atoms with Crippen LogP contribution in [0.5, 0.6) is 0 Å². The van der Waals surface area contributed by atoms with Crippen LogP contribution in [0.15, 0.2) is 58.2 Å². The molecule has 29 heavy (non-hydrogen) atoms. The van der Waals surface area contributed by atoms with E-state index in [1.807, 2.05) is 12.1 Å². The highest BCUT2D eigenvalue weighted by Gasteiger charge is 2.23. The molecule has 0 unspecified atom stereocenters. The number of H-pyrrole nitrogens is 1. The number of benzene rings is 1. The molecule has 3 heterocycles. The van der Waals surface area contributed by atoms with Crippen molar-refractivity contribution in [1.82, 2.24) is 25.3 Å². The number of anilines is 1. The summed E-state index contributed by atoms with van der Waals surface area (Å²) >= 11 is 0. The fraction of sp³-hybridized carbons (Fsp3) is 0.158. The van der Waals surface area contributed by atoms with Gasteiger partial charge in [0.25, 0.3) is 10.0 Å². The molecule has 0 saturated carbocycles. The van der Waals surface area contributed by atoms with Crippen LogP contribution >= 0.6 is 0 Å². The van der Waals surface area contributed by atoms with Crippen molar-refractivity contribution in [2.75, 3.05) is 4.72 Å². The molecular formula is C19H18N6O3S. The molecule has 0 aliphatic rings. The standard InChI is InChI=1S/C19H18N6O3S/c1-12-18(13(2)23-22-12)29(26,27)25-16-6-4-3-5-15(16)11-17-21-19(24-28-17)14-7-9-20-10-8-14/h3-10,25H,11H2,1-2H3,(H,22,23). The highest BCUT2D eigenvalue weighted by Crippen LogP contribution is 2.25. The summed E-state index contributed by atoms with van der Waals surface area (Å²) in [6.07, 6.45) is 3.57. The molecule has 0 fully saturated rings. The van der Waals surface area contributed by atoms with Crippen molar-refractivity contribution in [3.8, 4) is 11.4 Å². The summed E-state index contributed by atoms with van der Waals surface area (Å²) in [5.74, 6) is 0.823. The van der Waals surface area contributed by atoms with Crippen LogP contribution < -0.4 is 4.72 Å². The number of hydrogen-bond acceptors (Lipinski definition) is 7. The summed E-state index contributed by atoms with van der Waals surface area (Å²) in [7, 11) is -3.80. The van der Waals surface area contributed by atoms with Gasteiger partial charge in [0.2, 0.25) is 11.7 Å². The van der Waals surface area contributed by atoms with Crippen LogP contribution in [0.4, 0.5) is 5.69 Å². The summed E-state index contributed by atoms with van der Waals surface area (Å²) in [6, 6.07) is 10.6. The van der Waals surface area contributed by atoms with Gasteiger partial charge in [0, 0.05) is 18.0 Å². The molecule has 0 aliphatic heterocycles. The van der Waals surface area contributed by atoms with Gasteiger partial charge in [-0.1, -0.05) is 23.4 Å². The van der Waals surface area contributed by atoms with Gasteiger partial charge in [-0.3, -0.25) is 14.8 Å². The largest absolute Gasteiger partial charge is 0.339 e. The van der Waals surface area contributed by atoms with E-state index in [4.69, 9.17) is 4.52 Å². The number of aromatic nitrogens is 5. The van der Waals surface area contributed by atoms with E-state index < -0.39 is 10.0 Å². The molecule has 3 aromatic heterocycles. The Morgan fingerprint density at radius 3 is 2.59 bits per heavy atom. The van der Waals surface area contributed by atoms with Gasteiger partial charge in [0.05, 0.1) is 23.5 Å². The predicted octanol–water partition coefficient (Wildman–Crippen LogP) is 2.86. The van der Waals surface area contributed by atoms with Crippen molar-refractivity contribution >= 4 is 15.7 Å². The molecule has 0 aliphatic carbocycles. The second-order valence-corrected chi connectivity index (χ2v) is 8.07. The molecule has 4 aromatic rings. The van der Waals surface area contributed by atoms with Gasteiger partial charge in [-0.05, 0) is 37.6 Å². The number of aromatic amines is 1. The Hall–Kier alpha value is -3.53. The molecular weight excluding hydrogens is 392 g/mol. The molecule has 10 heteroatoms. The zero-order valence-corrected chi connectivity index (χ0v) is 16.6. The molecule has 9 nitrogen and oxygen atoms in total. The van der Waals surface area contributed by atoms with Gasteiger partial charge in [0.15, 0.2) is 0 Å². The van der Waals surface area contributed by atoms with Crippen molar-refractivity contribution in [1.29, 1.82) is 0 Å². The zero-order valence-electron chi connectivity index (χ0n) is 15.7. The van der Waals surface area contributed by atoms with E-state index in [9.17, 15) is 8.42 Å². The van der Waals surface area contributed by atoms with Crippen molar-refractivity contribution in [3.63, 3.8) is 0 Å². The van der Waals surface area contributed by atoms with Crippen LogP contribution in [0, 0.1) is 13.8 Å². The van der Waals surface area contributed by atoms with E-state index in [2.05, 4.69) is 30.0 Å². The van der Waals surface area contributed by atoms with Crippen LogP contribution in [0.3, 0.4) is 0 Å². The summed E-state index contributed by atoms with van der Waals surface area (Å²) in [5.41, 5.74) is 2.82. The number of nitrogens with one attached hydrogen (secondary N) is 2. The van der Waals surface area contributed by atoms with Crippen LogP contribution in [0.2, 0.25) is 0 Å². The van der Waals surface area contributed by atoms with Crippen molar-refractivity contribution in [2.24, 2.45) is 0 Å². The maximum atomic E-state index is 12.9. The summed E-state index contributed by atoms with van der Waals surface area (Å²) in [6.45, 7) is 3.31. The summed E-state index contributed by atoms with van der Waals surface area (Å²) in [4.78, 5) is 8.50. The van der Waals surface area contributed by atoms with Gasteiger partial charge in [0.1, 0.15) is 4.90 Å². The van der Waals surface area contributed by atoms with E-state index in [-0.39, 0.29) is 11.3 Å². The molecule has 148 valence electrons. The first-order chi connectivity index (χ1) is 13.9. The number of rotatable bonds is 6. The number of aryl methyl sites for hydroxylation is 2. The normalized spacial score (nSPS) is 11.5. The van der Waals surface area contributed by atoms with Crippen molar-refractivity contribution in [2.45, 2.75) is 25.2 Å². The maximum absolute atomic E-state index is 12.9. The first-order valence-corrected chi connectivity index (χ1v) is 10.3. The minimum absolute atomic E-state index is 0.144. The molecule has 2 N–H and O–H groups in total. The van der Waals surface area contributed by atoms with Crippen LogP contribution in [-0.4, -0.2) is 33.7 Å². The lowest BCUT2D eigenvalue weighted by Gasteiger charge is -2.11. The van der Waals surface area contributed by atoms with E-state index in [0.29, 0.717) is 34.4 Å². The third-order valence-corrected chi connectivity index (χ3v) is 5.97. The van der Waals surface area contributed by atoms with Crippen molar-refractivity contribution in [3.05, 3.63) is 71.6 Å². The third-order valence-electron chi connectivity index (χ3n) is 4.34. The summed E-state index contributed by atoms with van der Waals surface area (Å²) in [5, 5.41) is 10.6. The van der Waals surface area contributed by atoms with E-state index in [0.717, 1.165) is 5.56 Å². The van der Waals surface area contributed by atoms with Crippen LogP contribution in [0.25, 0.3) is 11.4 Å². The molecule has 0 spiro atoms. The fourth-order valence-electron chi connectivity index (χ4n) is 3.01. The second kappa shape index (κ2) is 7.47. The van der Waals surface area contributed by atoms with Crippen LogP contribution in [-0.2, 0) is 16.4 Å². The third kappa shape index (κ3) is 3.87. The van der Waals surface area contributed by atoms with Crippen LogP contribution in [0.1, 0.15) is 22.8 Å². The Balaban J connectivity index is 1.61. The average molecular weight is 410 g/mol. The number of sulfonamides is 1. The molecule has 4 rings (SSSR count). The minimum Gasteiger partial charge on any atom is -0.339 e. The molecule has 1 aromatic carbocycles. The average Bonchev–Trinajstić information content (AvgIpc) is 3.30. The first-order valence-electron chi connectivity index (χ1n) is 8.79. The lowest BCUT2D eigenvalue weighted by molar-refractivity contribution is 0.386. The number of hydrogen-bond donors (Lipinski definition) is 2. The van der Waals surface area contributed by atoms with Gasteiger partial charge in [-0.15, -0.1) is 0 Å². The van der Waals surface area contributed by atoms with Gasteiger partial charge in [-0.2, -0.15) is 10.1 Å². The molecule has 0 atom stereocenters. The molecule has 0 radical (unpaired) electrons. The van der Waals surface area contributed by atoms with Gasteiger partial charge >= 0.3 is 0 Å². The first kappa shape index (κ1) is 18.8. The highest BCUT2D eigenvalue weighted by atomic mass is 32.2. The minimum atomic E-state index is -3.80. The van der Waals surface area contributed by atoms with E-state index in [1.165, 1.54) is 0 Å². The maximum Gasteiger partial charge on any atom is 0.265 e. The Morgan fingerprint density at radius 2 is 1.86 bits per heavy atom. The van der Waals surface area contributed by atoms with Gasteiger partial charge in [-0.25, -0.2) is 8.42 Å². The lowest BCUT2D eigenvalue weighted by Crippen LogP contribution is -2.16. The number of pyridine rings is 1. The predicted molar refractivity (Wildman–Crippen MR) is 106 cm³/mol. The monoisotopic (exact) mass is 410 g/mol. The van der Waals surface area contributed by atoms with Gasteiger partial charge < -0.3 is 4.52 Å². The second-order valence-electron chi connectivity index (χ2n) is 6.45. The quantitative estimate of drug-likeness (QED) is 0.500. The Kier molecular flexibility index (Phi) is 4.85. The Bertz CT molecular complexity index is 1230. The Morgan fingerprint density at radius 1 is 1.10 bits per heavy atom. The molecule has 0 saturated heterocycles. The fourth-order valence-corrected chi connectivity index (χ4v) is 4.49. The van der Waals surface area contributed by atoms with E-state index >= 15 is 0 Å². The highest BCUT2D eigenvalue weighted by molar-refractivity contribution is 7.92. The smallest absolute Gasteiger partial charge is 0.265 e. The molecule has 0 amide bonds. The topological polar surface area (TPSA) is 127 Å². The number of para-hydroxylation sites is 1. The Labute approximate surface area is 167 Å². The number of nitrogens with zero attached hydrogens (tertiary/aromatic N) is 4. The zero-order chi connectivity index (χ0) is 20.4. The summed E-state index contributed by atoms with van der Waals surface area (Å²) < 4.78 is 33.7. The van der Waals surface area contributed by atoms with Crippen molar-refractivity contribution < 1.29 is 12.9 Å². The lowest BCUT2D eigenvalue weighted by atomic mass is 10.1. The molecule has 0 bridgehead atoms. The SMILES string of the molecule is Cc1n[nH]c(C)c1S(=O)(=O)Nc1ccccc1Cc1nc(-c2ccncc2)no1. The van der Waals surface area contributed by atoms with E-state index in [1.54, 1.807) is 50.5 Å².